The molecule has 2 nitrogen and oxygen atoms in total. The Morgan fingerprint density at radius 3 is 1.00 bits per heavy atom. The van der Waals surface area contributed by atoms with Gasteiger partial charge in [0.25, 0.3) is 0 Å². The summed E-state index contributed by atoms with van der Waals surface area (Å²) in [4.78, 5) is 11.0. The van der Waals surface area contributed by atoms with Gasteiger partial charge in [0.05, 0.1) is 0 Å². The Morgan fingerprint density at radius 2 is 0.795 bits per heavy atom. The summed E-state index contributed by atoms with van der Waals surface area (Å²) in [5, 5.41) is 0.565. The molecule has 1 N–H and O–H groups in total. The summed E-state index contributed by atoms with van der Waals surface area (Å²) in [6, 6.07) is 15.5. The molecule has 0 heterocycles. The van der Waals surface area contributed by atoms with Crippen molar-refractivity contribution in [1.29, 1.82) is 0 Å². The summed E-state index contributed by atoms with van der Waals surface area (Å²) >= 11 is 0. The summed E-state index contributed by atoms with van der Waals surface area (Å²) in [5.41, 5.74) is 11.7. The smallest absolute Gasteiger partial charge is 0.156 e. The third-order valence-corrected chi connectivity index (χ3v) is 8.90. The summed E-state index contributed by atoms with van der Waals surface area (Å²) in [7, 11) is -2.60. The summed E-state index contributed by atoms with van der Waals surface area (Å²) in [6.45, 7) is 26.8. The van der Waals surface area contributed by atoms with Gasteiger partial charge >= 0.3 is 8.03 Å². The van der Waals surface area contributed by atoms with Crippen molar-refractivity contribution in [3.63, 3.8) is 0 Å². The van der Waals surface area contributed by atoms with Gasteiger partial charge in [0.1, 0.15) is 0 Å². The van der Waals surface area contributed by atoms with Crippen molar-refractivity contribution in [2.75, 3.05) is 0 Å². The first-order chi connectivity index (χ1) is 18.2. The SMILES string of the molecule is CC(C)c1cc(C(C)C)c(-c2cccc(-c3c(C(C)C)cc(C(C)C)cc3C(C)C)c2[P+](=O)O)c(C(C)C)c1. The van der Waals surface area contributed by atoms with Crippen molar-refractivity contribution in [3.05, 3.63) is 75.8 Å². The highest BCUT2D eigenvalue weighted by atomic mass is 31.1. The minimum atomic E-state index is -2.60. The Hall–Kier alpha value is -2.28. The Kier molecular flexibility index (Phi) is 10.0. The molecule has 210 valence electrons. The second-order valence-corrected chi connectivity index (χ2v) is 14.0. The quantitative estimate of drug-likeness (QED) is 0.272. The van der Waals surface area contributed by atoms with Crippen LogP contribution in [0.5, 0.6) is 0 Å². The van der Waals surface area contributed by atoms with E-state index >= 15 is 0 Å². The topological polar surface area (TPSA) is 37.3 Å². The van der Waals surface area contributed by atoms with Gasteiger partial charge in [0, 0.05) is 11.1 Å². The van der Waals surface area contributed by atoms with Crippen LogP contribution in [0.15, 0.2) is 42.5 Å². The maximum atomic E-state index is 13.4. The first-order valence-electron chi connectivity index (χ1n) is 14.8. The van der Waals surface area contributed by atoms with Crippen LogP contribution >= 0.6 is 8.03 Å². The predicted octanol–water partition coefficient (Wildman–Crippen LogP) is 11.1. The second kappa shape index (κ2) is 12.5. The van der Waals surface area contributed by atoms with E-state index in [1.54, 1.807) is 0 Å². The number of benzene rings is 3. The van der Waals surface area contributed by atoms with Gasteiger partial charge in [-0.15, -0.1) is 0 Å². The number of hydrogen-bond acceptors (Lipinski definition) is 1. The van der Waals surface area contributed by atoms with E-state index in [4.69, 9.17) is 0 Å². The zero-order valence-corrected chi connectivity index (χ0v) is 27.2. The molecule has 39 heavy (non-hydrogen) atoms. The first-order valence-corrected chi connectivity index (χ1v) is 16.0. The van der Waals surface area contributed by atoms with E-state index in [1.165, 1.54) is 33.4 Å². The molecule has 0 aliphatic heterocycles. The van der Waals surface area contributed by atoms with Gasteiger partial charge in [-0.25, -0.2) is 0 Å². The van der Waals surface area contributed by atoms with Gasteiger partial charge in [-0.05, 0) is 96.7 Å². The van der Waals surface area contributed by atoms with Crippen molar-refractivity contribution in [1.82, 2.24) is 0 Å². The molecule has 0 aliphatic carbocycles. The van der Waals surface area contributed by atoms with Gasteiger partial charge in [0.2, 0.25) is 5.30 Å². The fraction of sp³-hybridized carbons (Fsp3) is 0.500. The third-order valence-electron chi connectivity index (χ3n) is 8.03. The normalized spacial score (nSPS) is 12.6. The van der Waals surface area contributed by atoms with Gasteiger partial charge < -0.3 is 0 Å². The van der Waals surface area contributed by atoms with Gasteiger partial charge in [0.15, 0.2) is 0 Å². The molecule has 1 atom stereocenters. The monoisotopic (exact) mass is 545 g/mol. The minimum Gasteiger partial charge on any atom is -0.156 e. The third kappa shape index (κ3) is 6.39. The molecular formula is C36H50O2P+. The van der Waals surface area contributed by atoms with E-state index < -0.39 is 8.03 Å². The van der Waals surface area contributed by atoms with Crippen molar-refractivity contribution in [2.24, 2.45) is 0 Å². The van der Waals surface area contributed by atoms with E-state index in [0.29, 0.717) is 17.1 Å². The van der Waals surface area contributed by atoms with Gasteiger partial charge in [-0.1, -0.05) is 113 Å². The highest BCUT2D eigenvalue weighted by Gasteiger charge is 2.33. The lowest BCUT2D eigenvalue weighted by Gasteiger charge is -2.25. The molecule has 3 aromatic carbocycles. The number of hydrogen-bond donors (Lipinski definition) is 1. The molecule has 0 amide bonds. The lowest BCUT2D eigenvalue weighted by Crippen LogP contribution is -2.14. The van der Waals surface area contributed by atoms with E-state index in [9.17, 15) is 9.46 Å². The molecular weight excluding hydrogens is 495 g/mol. The highest BCUT2D eigenvalue weighted by molar-refractivity contribution is 7.48. The van der Waals surface area contributed by atoms with Gasteiger partial charge in [-0.2, -0.15) is 4.89 Å². The maximum absolute atomic E-state index is 13.4. The van der Waals surface area contributed by atoms with Crippen molar-refractivity contribution < 1.29 is 9.46 Å². The Morgan fingerprint density at radius 1 is 0.513 bits per heavy atom. The molecule has 0 aromatic heterocycles. The molecule has 0 spiro atoms. The molecule has 0 saturated carbocycles. The molecule has 1 unspecified atom stereocenters. The highest BCUT2D eigenvalue weighted by Crippen LogP contribution is 2.44. The van der Waals surface area contributed by atoms with Crippen molar-refractivity contribution in [2.45, 2.75) is 119 Å². The van der Waals surface area contributed by atoms with Crippen LogP contribution in [0.25, 0.3) is 22.3 Å². The molecule has 0 saturated heterocycles. The van der Waals surface area contributed by atoms with Crippen molar-refractivity contribution >= 4 is 13.3 Å². The Balaban J connectivity index is 2.55. The largest absolute Gasteiger partial charge is 0.547 e. The van der Waals surface area contributed by atoms with Crippen LogP contribution in [-0.4, -0.2) is 4.89 Å². The fourth-order valence-corrected chi connectivity index (χ4v) is 6.47. The van der Waals surface area contributed by atoms with E-state index in [1.807, 2.05) is 0 Å². The zero-order valence-electron chi connectivity index (χ0n) is 26.3. The van der Waals surface area contributed by atoms with Crippen LogP contribution in [0.1, 0.15) is 152 Å². The zero-order chi connectivity index (χ0) is 29.3. The summed E-state index contributed by atoms with van der Waals surface area (Å²) < 4.78 is 13.4. The average Bonchev–Trinajstić information content (AvgIpc) is 2.86. The lowest BCUT2D eigenvalue weighted by molar-refractivity contribution is 0.513. The average molecular weight is 546 g/mol. The van der Waals surface area contributed by atoms with Crippen LogP contribution in [0, 0.1) is 0 Å². The summed E-state index contributed by atoms with van der Waals surface area (Å²) in [6.07, 6.45) is 0. The van der Waals surface area contributed by atoms with E-state index in [0.717, 1.165) is 22.3 Å². The van der Waals surface area contributed by atoms with Crippen LogP contribution in [-0.2, 0) is 4.57 Å². The van der Waals surface area contributed by atoms with Crippen LogP contribution in [0.4, 0.5) is 0 Å². The van der Waals surface area contributed by atoms with Crippen LogP contribution < -0.4 is 5.30 Å². The Labute approximate surface area is 239 Å². The second-order valence-electron chi connectivity index (χ2n) is 13.1. The standard InChI is InChI=1S/C36H49O2P/c1-20(2)26-16-30(22(5)6)34(31(17-26)23(7)8)28-14-13-15-29(36(28)39(37)38)35-32(24(9)10)18-27(21(3)4)19-33(35)25(11)12/h13-25H,1-12H3/p+1. The summed E-state index contributed by atoms with van der Waals surface area (Å²) in [5.74, 6) is 1.96. The van der Waals surface area contributed by atoms with Gasteiger partial charge in [-0.3, -0.25) is 0 Å². The maximum Gasteiger partial charge on any atom is 0.547 e. The minimum absolute atomic E-state index is 0.284. The van der Waals surface area contributed by atoms with Crippen LogP contribution in [0.2, 0.25) is 0 Å². The molecule has 0 radical (unpaired) electrons. The molecule has 0 bridgehead atoms. The molecule has 0 aliphatic rings. The van der Waals surface area contributed by atoms with Crippen LogP contribution in [0.3, 0.4) is 0 Å². The lowest BCUT2D eigenvalue weighted by atomic mass is 9.79. The van der Waals surface area contributed by atoms with E-state index in [-0.39, 0.29) is 23.7 Å². The molecule has 3 heteroatoms. The van der Waals surface area contributed by atoms with Crippen molar-refractivity contribution in [3.8, 4) is 22.3 Å². The molecule has 0 fully saturated rings. The Bertz CT molecular complexity index is 1190. The first kappa shape index (κ1) is 31.3. The van der Waals surface area contributed by atoms with E-state index in [2.05, 4.69) is 126 Å². The number of rotatable bonds is 9. The molecule has 3 aromatic rings. The fourth-order valence-electron chi connectivity index (χ4n) is 5.69. The molecule has 3 rings (SSSR count). The predicted molar refractivity (Wildman–Crippen MR) is 171 cm³/mol.